The maximum Gasteiger partial charge on any atom is 0.232 e. The molecule has 17 heavy (non-hydrogen) atoms. The van der Waals surface area contributed by atoms with E-state index in [1.54, 1.807) is 6.07 Å². The molecule has 1 aliphatic rings. The molecule has 0 saturated heterocycles. The summed E-state index contributed by atoms with van der Waals surface area (Å²) < 4.78 is 5.89. The molecule has 0 amide bonds. The number of nitrogens with zero attached hydrogens (tertiary/aromatic N) is 2. The lowest BCUT2D eigenvalue weighted by atomic mass is 9.89. The third-order valence-corrected chi connectivity index (χ3v) is 3.29. The number of pyridine rings is 1. The van der Waals surface area contributed by atoms with Gasteiger partial charge in [0, 0.05) is 5.69 Å². The van der Waals surface area contributed by atoms with Crippen molar-refractivity contribution in [2.75, 3.05) is 0 Å². The molecule has 0 aromatic carbocycles. The molecule has 2 unspecified atom stereocenters. The van der Waals surface area contributed by atoms with Crippen molar-refractivity contribution in [3.05, 3.63) is 23.4 Å². The molecule has 0 spiro atoms. The summed E-state index contributed by atoms with van der Waals surface area (Å²) in [5.41, 5.74) is 1.43. The van der Waals surface area contributed by atoms with E-state index in [2.05, 4.69) is 18.0 Å². The summed E-state index contributed by atoms with van der Waals surface area (Å²) in [6.45, 7) is 4.17. The maximum atomic E-state index is 9.02. The highest BCUT2D eigenvalue weighted by Gasteiger charge is 2.21. The van der Waals surface area contributed by atoms with Crippen LogP contribution in [0.15, 0.2) is 12.1 Å². The van der Waals surface area contributed by atoms with Crippen LogP contribution >= 0.6 is 0 Å². The van der Waals surface area contributed by atoms with Crippen molar-refractivity contribution in [3.8, 4) is 11.9 Å². The first-order valence-electron chi connectivity index (χ1n) is 6.23. The topological polar surface area (TPSA) is 45.9 Å². The molecule has 1 aliphatic carbocycles. The van der Waals surface area contributed by atoms with Gasteiger partial charge in [-0.3, -0.25) is 0 Å². The van der Waals surface area contributed by atoms with Crippen LogP contribution in [0, 0.1) is 24.2 Å². The third-order valence-electron chi connectivity index (χ3n) is 3.29. The fourth-order valence-electron chi connectivity index (χ4n) is 2.35. The number of ether oxygens (including phenoxy) is 1. The standard InChI is InChI=1S/C14H18N2O/c1-10-4-3-5-13(8-10)17-14-12(9-15)7-6-11(2)16-14/h6-7,10,13H,3-5,8H2,1-2H3. The Hall–Kier alpha value is -1.56. The Kier molecular flexibility index (Phi) is 3.63. The number of aryl methyl sites for hydroxylation is 1. The average molecular weight is 230 g/mol. The molecule has 1 fully saturated rings. The van der Waals surface area contributed by atoms with E-state index in [-0.39, 0.29) is 6.10 Å². The number of rotatable bonds is 2. The van der Waals surface area contributed by atoms with Gasteiger partial charge in [0.2, 0.25) is 5.88 Å². The van der Waals surface area contributed by atoms with Gasteiger partial charge in [0.05, 0.1) is 0 Å². The van der Waals surface area contributed by atoms with Crippen LogP contribution in [0.25, 0.3) is 0 Å². The molecule has 3 heteroatoms. The molecule has 0 N–H and O–H groups in total. The third kappa shape index (κ3) is 2.97. The number of hydrogen-bond acceptors (Lipinski definition) is 3. The van der Waals surface area contributed by atoms with Crippen LogP contribution in [0.4, 0.5) is 0 Å². The Morgan fingerprint density at radius 3 is 2.94 bits per heavy atom. The normalized spacial score (nSPS) is 24.1. The summed E-state index contributed by atoms with van der Waals surface area (Å²) in [5.74, 6) is 1.22. The second-order valence-corrected chi connectivity index (χ2v) is 4.93. The molecular formula is C14H18N2O. The largest absolute Gasteiger partial charge is 0.473 e. The zero-order valence-corrected chi connectivity index (χ0v) is 10.4. The Balaban J connectivity index is 2.12. The van der Waals surface area contributed by atoms with Gasteiger partial charge in [-0.15, -0.1) is 0 Å². The van der Waals surface area contributed by atoms with E-state index in [0.29, 0.717) is 17.4 Å². The van der Waals surface area contributed by atoms with Crippen LogP contribution in [0.2, 0.25) is 0 Å². The minimum Gasteiger partial charge on any atom is -0.473 e. The van der Waals surface area contributed by atoms with Crippen LogP contribution in [0.3, 0.4) is 0 Å². The van der Waals surface area contributed by atoms with Gasteiger partial charge in [-0.1, -0.05) is 13.3 Å². The first kappa shape index (κ1) is 11.9. The van der Waals surface area contributed by atoms with Crippen LogP contribution in [-0.4, -0.2) is 11.1 Å². The summed E-state index contributed by atoms with van der Waals surface area (Å²) >= 11 is 0. The van der Waals surface area contributed by atoms with Crippen molar-refractivity contribution in [3.63, 3.8) is 0 Å². The van der Waals surface area contributed by atoms with Gasteiger partial charge in [-0.05, 0) is 44.2 Å². The maximum absolute atomic E-state index is 9.02. The van der Waals surface area contributed by atoms with E-state index in [9.17, 15) is 0 Å². The van der Waals surface area contributed by atoms with E-state index in [1.165, 1.54) is 12.8 Å². The van der Waals surface area contributed by atoms with Gasteiger partial charge in [0.1, 0.15) is 17.7 Å². The minimum atomic E-state index is 0.222. The van der Waals surface area contributed by atoms with Crippen molar-refractivity contribution >= 4 is 0 Å². The van der Waals surface area contributed by atoms with E-state index in [0.717, 1.165) is 18.5 Å². The average Bonchev–Trinajstić information content (AvgIpc) is 2.29. The molecule has 3 nitrogen and oxygen atoms in total. The molecule has 1 aromatic rings. The van der Waals surface area contributed by atoms with E-state index >= 15 is 0 Å². The van der Waals surface area contributed by atoms with Gasteiger partial charge in [0.25, 0.3) is 0 Å². The number of hydrogen-bond donors (Lipinski definition) is 0. The van der Waals surface area contributed by atoms with E-state index in [1.807, 2.05) is 13.0 Å². The van der Waals surface area contributed by atoms with Crippen molar-refractivity contribution in [1.29, 1.82) is 5.26 Å². The van der Waals surface area contributed by atoms with Crippen LogP contribution in [-0.2, 0) is 0 Å². The van der Waals surface area contributed by atoms with Crippen molar-refractivity contribution in [2.24, 2.45) is 5.92 Å². The quantitative estimate of drug-likeness (QED) is 0.783. The van der Waals surface area contributed by atoms with Gasteiger partial charge in [-0.25, -0.2) is 4.98 Å². The fraction of sp³-hybridized carbons (Fsp3) is 0.571. The summed E-state index contributed by atoms with van der Waals surface area (Å²) in [7, 11) is 0. The van der Waals surface area contributed by atoms with Gasteiger partial charge >= 0.3 is 0 Å². The Bertz CT molecular complexity index is 436. The lowest BCUT2D eigenvalue weighted by molar-refractivity contribution is 0.123. The molecule has 2 atom stereocenters. The Labute approximate surface area is 102 Å². The zero-order chi connectivity index (χ0) is 12.3. The first-order chi connectivity index (χ1) is 8.19. The van der Waals surface area contributed by atoms with Crippen LogP contribution < -0.4 is 4.74 Å². The molecule has 1 saturated carbocycles. The molecule has 90 valence electrons. The smallest absolute Gasteiger partial charge is 0.232 e. The Morgan fingerprint density at radius 1 is 1.41 bits per heavy atom. The molecule has 1 aromatic heterocycles. The van der Waals surface area contributed by atoms with Crippen LogP contribution in [0.5, 0.6) is 5.88 Å². The molecule has 1 heterocycles. The Morgan fingerprint density at radius 2 is 2.24 bits per heavy atom. The molecule has 0 bridgehead atoms. The molecule has 0 aliphatic heterocycles. The summed E-state index contributed by atoms with van der Waals surface area (Å²) in [6.07, 6.45) is 4.86. The van der Waals surface area contributed by atoms with Gasteiger partial charge < -0.3 is 4.74 Å². The SMILES string of the molecule is Cc1ccc(C#N)c(OC2CCCC(C)C2)n1. The van der Waals surface area contributed by atoms with E-state index in [4.69, 9.17) is 10.00 Å². The minimum absolute atomic E-state index is 0.222. The molecule has 2 rings (SSSR count). The summed E-state index contributed by atoms with van der Waals surface area (Å²) in [5, 5.41) is 9.02. The van der Waals surface area contributed by atoms with Gasteiger partial charge in [0.15, 0.2) is 0 Å². The second kappa shape index (κ2) is 5.18. The van der Waals surface area contributed by atoms with E-state index < -0.39 is 0 Å². The number of nitriles is 1. The highest BCUT2D eigenvalue weighted by molar-refractivity contribution is 5.38. The first-order valence-corrected chi connectivity index (χ1v) is 6.23. The van der Waals surface area contributed by atoms with Gasteiger partial charge in [-0.2, -0.15) is 5.26 Å². The predicted octanol–water partition coefficient (Wildman–Crippen LogP) is 3.22. The molecular weight excluding hydrogens is 212 g/mol. The summed E-state index contributed by atoms with van der Waals surface area (Å²) in [4.78, 5) is 4.32. The van der Waals surface area contributed by atoms with Crippen molar-refractivity contribution in [2.45, 2.75) is 45.6 Å². The van der Waals surface area contributed by atoms with Crippen molar-refractivity contribution in [1.82, 2.24) is 4.98 Å². The monoisotopic (exact) mass is 230 g/mol. The predicted molar refractivity (Wildman–Crippen MR) is 65.7 cm³/mol. The second-order valence-electron chi connectivity index (χ2n) is 4.93. The van der Waals surface area contributed by atoms with Crippen molar-refractivity contribution < 1.29 is 4.74 Å². The number of aromatic nitrogens is 1. The van der Waals surface area contributed by atoms with Crippen LogP contribution in [0.1, 0.15) is 43.9 Å². The molecule has 0 radical (unpaired) electrons. The highest BCUT2D eigenvalue weighted by Crippen LogP contribution is 2.27. The highest BCUT2D eigenvalue weighted by atomic mass is 16.5. The summed E-state index contributed by atoms with van der Waals surface area (Å²) in [6, 6.07) is 5.76. The lowest BCUT2D eigenvalue weighted by Crippen LogP contribution is -2.24. The fourth-order valence-corrected chi connectivity index (χ4v) is 2.35. The zero-order valence-electron chi connectivity index (χ0n) is 10.4. The lowest BCUT2D eigenvalue weighted by Gasteiger charge is -2.27.